The summed E-state index contributed by atoms with van der Waals surface area (Å²) in [4.78, 5) is 12.6. The quantitative estimate of drug-likeness (QED) is 0.515. The van der Waals surface area contributed by atoms with Crippen molar-refractivity contribution in [2.45, 2.75) is 12.5 Å². The van der Waals surface area contributed by atoms with Gasteiger partial charge < -0.3 is 29.8 Å². The number of nitrogens with two attached hydrogens (primary N) is 1. The number of carbonyl (C=O) groups is 1. The number of benzene rings is 3. The van der Waals surface area contributed by atoms with E-state index in [-0.39, 0.29) is 17.2 Å². The topological polar surface area (TPSA) is 100 Å². The molecule has 3 aromatic rings. The number of methoxy groups -OCH3 is 2. The number of rotatable bonds is 6. The number of phenols is 1. The molecule has 0 fully saturated rings. The number of phenolic OH excluding ortho intramolecular Hbond substituents is 1. The molecule has 1 atom stereocenters. The number of hydrogen-bond acceptors (Lipinski definition) is 7. The van der Waals surface area contributed by atoms with Crippen LogP contribution in [0.1, 0.15) is 22.6 Å². The molecule has 0 aromatic heterocycles. The van der Waals surface area contributed by atoms with Crippen LogP contribution in [-0.2, 0) is 16.1 Å². The van der Waals surface area contributed by atoms with Crippen molar-refractivity contribution in [2.24, 2.45) is 5.73 Å². The van der Waals surface area contributed by atoms with Crippen molar-refractivity contribution in [3.63, 3.8) is 0 Å². The second kappa shape index (κ2) is 9.34. The van der Waals surface area contributed by atoms with E-state index in [9.17, 15) is 9.90 Å². The molecule has 33 heavy (non-hydrogen) atoms. The highest BCUT2D eigenvalue weighted by Crippen LogP contribution is 2.45. The third-order valence-electron chi connectivity index (χ3n) is 5.32. The highest BCUT2D eigenvalue weighted by molar-refractivity contribution is 6.30. The standard InChI is InChI=1S/C25H22ClNO6/c1-30-21-11-15(5-10-19(21)32-13-14-3-6-16(26)7-4-14)22-18-9-8-17(28)12-20(18)33-24(27)23(22)25(29)31-2/h3-12,22,28H,13,27H2,1-2H3/t22-/m1/s1. The van der Waals surface area contributed by atoms with Crippen LogP contribution in [0.15, 0.2) is 72.1 Å². The molecular weight excluding hydrogens is 446 g/mol. The predicted octanol–water partition coefficient (Wildman–Crippen LogP) is 4.50. The molecule has 0 spiro atoms. The van der Waals surface area contributed by atoms with Crippen LogP contribution in [0.3, 0.4) is 0 Å². The first-order chi connectivity index (χ1) is 15.9. The van der Waals surface area contributed by atoms with Crippen LogP contribution in [0.2, 0.25) is 5.02 Å². The number of esters is 1. The number of carbonyl (C=O) groups excluding carboxylic acids is 1. The summed E-state index contributed by atoms with van der Waals surface area (Å²) < 4.78 is 22.1. The van der Waals surface area contributed by atoms with Crippen molar-refractivity contribution in [3.05, 3.63) is 93.8 Å². The largest absolute Gasteiger partial charge is 0.508 e. The van der Waals surface area contributed by atoms with E-state index in [4.69, 9.17) is 36.3 Å². The van der Waals surface area contributed by atoms with Crippen molar-refractivity contribution >= 4 is 17.6 Å². The number of ether oxygens (including phenoxy) is 4. The van der Waals surface area contributed by atoms with Crippen LogP contribution >= 0.6 is 11.6 Å². The highest BCUT2D eigenvalue weighted by atomic mass is 35.5. The molecule has 0 unspecified atom stereocenters. The van der Waals surface area contributed by atoms with Gasteiger partial charge in [-0.05, 0) is 41.5 Å². The van der Waals surface area contributed by atoms with Gasteiger partial charge in [0.2, 0.25) is 5.88 Å². The predicted molar refractivity (Wildman–Crippen MR) is 123 cm³/mol. The summed E-state index contributed by atoms with van der Waals surface area (Å²) in [5.41, 5.74) is 8.56. The minimum atomic E-state index is -0.613. The zero-order valence-electron chi connectivity index (χ0n) is 18.0. The van der Waals surface area contributed by atoms with Crippen LogP contribution in [0.25, 0.3) is 0 Å². The Morgan fingerprint density at radius 3 is 2.52 bits per heavy atom. The second-order valence-electron chi connectivity index (χ2n) is 7.35. The lowest BCUT2D eigenvalue weighted by atomic mass is 9.83. The van der Waals surface area contributed by atoms with Crippen molar-refractivity contribution in [3.8, 4) is 23.0 Å². The first-order valence-electron chi connectivity index (χ1n) is 10.0. The molecule has 0 radical (unpaired) electrons. The fourth-order valence-corrected chi connectivity index (χ4v) is 3.85. The highest BCUT2D eigenvalue weighted by Gasteiger charge is 2.36. The molecule has 0 bridgehead atoms. The number of halogens is 1. The van der Waals surface area contributed by atoms with E-state index in [2.05, 4.69) is 0 Å². The van der Waals surface area contributed by atoms with Gasteiger partial charge >= 0.3 is 5.97 Å². The zero-order valence-corrected chi connectivity index (χ0v) is 18.8. The van der Waals surface area contributed by atoms with Crippen molar-refractivity contribution in [2.75, 3.05) is 14.2 Å². The summed E-state index contributed by atoms with van der Waals surface area (Å²) in [5.74, 6) is 0.0885. The maximum Gasteiger partial charge on any atom is 0.340 e. The Bertz CT molecular complexity index is 1220. The lowest BCUT2D eigenvalue weighted by Crippen LogP contribution is -2.27. The average Bonchev–Trinajstić information content (AvgIpc) is 2.82. The molecule has 0 saturated heterocycles. The van der Waals surface area contributed by atoms with Gasteiger partial charge in [0.15, 0.2) is 11.5 Å². The number of aromatic hydroxyl groups is 1. The van der Waals surface area contributed by atoms with E-state index in [0.29, 0.717) is 40.0 Å². The Morgan fingerprint density at radius 2 is 1.82 bits per heavy atom. The molecule has 0 amide bonds. The van der Waals surface area contributed by atoms with Crippen LogP contribution in [0.5, 0.6) is 23.0 Å². The van der Waals surface area contributed by atoms with Crippen LogP contribution in [0, 0.1) is 0 Å². The van der Waals surface area contributed by atoms with Crippen molar-refractivity contribution in [1.82, 2.24) is 0 Å². The van der Waals surface area contributed by atoms with Crippen LogP contribution in [-0.4, -0.2) is 25.3 Å². The summed E-state index contributed by atoms with van der Waals surface area (Å²) >= 11 is 5.94. The third-order valence-corrected chi connectivity index (χ3v) is 5.57. The molecular formula is C25H22ClNO6. The van der Waals surface area contributed by atoms with Gasteiger partial charge in [0, 0.05) is 16.7 Å². The van der Waals surface area contributed by atoms with Gasteiger partial charge in [0.05, 0.1) is 20.1 Å². The smallest absolute Gasteiger partial charge is 0.340 e. The fraction of sp³-hybridized carbons (Fsp3) is 0.160. The molecule has 170 valence electrons. The van der Waals surface area contributed by atoms with Crippen molar-refractivity contribution < 1.29 is 28.8 Å². The lowest BCUT2D eigenvalue weighted by molar-refractivity contribution is -0.136. The maximum absolute atomic E-state index is 12.6. The van der Waals surface area contributed by atoms with Crippen molar-refractivity contribution in [1.29, 1.82) is 0 Å². The SMILES string of the molecule is COC(=O)C1=C(N)Oc2cc(O)ccc2[C@H]1c1ccc(OCc2ccc(Cl)cc2)c(OC)c1. The van der Waals surface area contributed by atoms with Gasteiger partial charge in [-0.25, -0.2) is 4.79 Å². The summed E-state index contributed by atoms with van der Waals surface area (Å²) in [6, 6.07) is 17.4. The van der Waals surface area contributed by atoms with Gasteiger partial charge in [0.1, 0.15) is 23.7 Å². The van der Waals surface area contributed by atoms with Gasteiger partial charge in [0.25, 0.3) is 0 Å². The molecule has 4 rings (SSSR count). The molecule has 3 aromatic carbocycles. The van der Waals surface area contributed by atoms with E-state index in [1.54, 1.807) is 30.3 Å². The molecule has 0 saturated carbocycles. The molecule has 1 aliphatic heterocycles. The Labute approximate surface area is 195 Å². The first kappa shape index (κ1) is 22.4. The maximum atomic E-state index is 12.6. The van der Waals surface area contributed by atoms with E-state index in [0.717, 1.165) is 5.56 Å². The van der Waals surface area contributed by atoms with Gasteiger partial charge in [-0.2, -0.15) is 0 Å². The van der Waals surface area contributed by atoms with Gasteiger partial charge in [-0.1, -0.05) is 35.9 Å². The summed E-state index contributed by atoms with van der Waals surface area (Å²) in [6.45, 7) is 0.326. The zero-order chi connectivity index (χ0) is 23.5. The van der Waals surface area contributed by atoms with E-state index >= 15 is 0 Å². The lowest BCUT2D eigenvalue weighted by Gasteiger charge is -2.28. The first-order valence-corrected chi connectivity index (χ1v) is 10.4. The average molecular weight is 468 g/mol. The van der Waals surface area contributed by atoms with E-state index < -0.39 is 11.9 Å². The molecule has 7 nitrogen and oxygen atoms in total. The van der Waals surface area contributed by atoms with E-state index in [1.807, 2.05) is 18.2 Å². The monoisotopic (exact) mass is 467 g/mol. The van der Waals surface area contributed by atoms with E-state index in [1.165, 1.54) is 26.4 Å². The Morgan fingerprint density at radius 1 is 1.06 bits per heavy atom. The Kier molecular flexibility index (Phi) is 6.33. The Hall–Kier alpha value is -3.84. The Balaban J connectivity index is 1.72. The summed E-state index contributed by atoms with van der Waals surface area (Å²) in [7, 11) is 2.82. The minimum Gasteiger partial charge on any atom is -0.508 e. The van der Waals surface area contributed by atoms with Gasteiger partial charge in [-0.3, -0.25) is 0 Å². The molecule has 8 heteroatoms. The number of hydrogen-bond donors (Lipinski definition) is 2. The second-order valence-corrected chi connectivity index (χ2v) is 7.79. The minimum absolute atomic E-state index is 0.0188. The third kappa shape index (κ3) is 4.54. The van der Waals surface area contributed by atoms with Crippen LogP contribution < -0.4 is 19.9 Å². The molecule has 1 heterocycles. The fourth-order valence-electron chi connectivity index (χ4n) is 3.72. The van der Waals surface area contributed by atoms with Gasteiger partial charge in [-0.15, -0.1) is 0 Å². The van der Waals surface area contributed by atoms with Crippen LogP contribution in [0.4, 0.5) is 0 Å². The summed E-state index contributed by atoms with van der Waals surface area (Å²) in [5, 5.41) is 10.5. The normalized spacial score (nSPS) is 14.8. The summed E-state index contributed by atoms with van der Waals surface area (Å²) in [6.07, 6.45) is 0. The number of fused-ring (bicyclic) bond motifs is 1. The molecule has 1 aliphatic rings. The molecule has 3 N–H and O–H groups in total. The molecule has 0 aliphatic carbocycles.